The molecule has 5 heteroatoms. The third-order valence-electron chi connectivity index (χ3n) is 3.87. The standard InChI is InChI=1S/C16H23NO4/c1-17-10-12-8-15-16(21-11-20-15)9-14(12)19-7-3-5-13-4-2-6-18-13/h8-9,13,17H,2-7,10-11H2,1H3. The Morgan fingerprint density at radius 3 is 2.90 bits per heavy atom. The first-order chi connectivity index (χ1) is 10.4. The second-order valence-corrected chi connectivity index (χ2v) is 5.47. The fraction of sp³-hybridized carbons (Fsp3) is 0.625. The van der Waals surface area contributed by atoms with E-state index in [-0.39, 0.29) is 6.79 Å². The number of benzene rings is 1. The molecule has 3 rings (SSSR count). The van der Waals surface area contributed by atoms with Gasteiger partial charge >= 0.3 is 0 Å². The molecule has 1 unspecified atom stereocenters. The first-order valence-corrected chi connectivity index (χ1v) is 7.68. The van der Waals surface area contributed by atoms with Crippen LogP contribution in [-0.4, -0.2) is 33.2 Å². The molecular weight excluding hydrogens is 270 g/mol. The highest BCUT2D eigenvalue weighted by molar-refractivity contribution is 5.51. The van der Waals surface area contributed by atoms with Gasteiger partial charge in [0, 0.05) is 24.8 Å². The smallest absolute Gasteiger partial charge is 0.231 e. The lowest BCUT2D eigenvalue weighted by atomic mass is 10.1. The van der Waals surface area contributed by atoms with Crippen LogP contribution in [0.25, 0.3) is 0 Å². The maximum atomic E-state index is 5.94. The number of hydrogen-bond acceptors (Lipinski definition) is 5. The molecule has 0 radical (unpaired) electrons. The van der Waals surface area contributed by atoms with Gasteiger partial charge in [0.05, 0.1) is 12.7 Å². The molecule has 1 aromatic carbocycles. The Balaban J connectivity index is 1.55. The van der Waals surface area contributed by atoms with Crippen LogP contribution in [0.2, 0.25) is 0 Å². The van der Waals surface area contributed by atoms with E-state index in [2.05, 4.69) is 5.32 Å². The summed E-state index contributed by atoms with van der Waals surface area (Å²) >= 11 is 0. The summed E-state index contributed by atoms with van der Waals surface area (Å²) in [5, 5.41) is 3.15. The summed E-state index contributed by atoms with van der Waals surface area (Å²) in [4.78, 5) is 0. The van der Waals surface area contributed by atoms with Gasteiger partial charge in [0.15, 0.2) is 11.5 Å². The first-order valence-electron chi connectivity index (χ1n) is 7.68. The van der Waals surface area contributed by atoms with E-state index in [1.807, 2.05) is 19.2 Å². The van der Waals surface area contributed by atoms with Crippen LogP contribution in [0, 0.1) is 0 Å². The fourth-order valence-corrected chi connectivity index (χ4v) is 2.79. The molecule has 1 atom stereocenters. The van der Waals surface area contributed by atoms with Crippen LogP contribution in [-0.2, 0) is 11.3 Å². The lowest BCUT2D eigenvalue weighted by molar-refractivity contribution is 0.0980. The Morgan fingerprint density at radius 2 is 2.14 bits per heavy atom. The van der Waals surface area contributed by atoms with Crippen LogP contribution in [0.4, 0.5) is 0 Å². The molecule has 1 N–H and O–H groups in total. The monoisotopic (exact) mass is 293 g/mol. The normalized spacial score (nSPS) is 20.0. The molecule has 0 saturated carbocycles. The van der Waals surface area contributed by atoms with Crippen molar-refractivity contribution in [1.29, 1.82) is 0 Å². The summed E-state index contributed by atoms with van der Waals surface area (Å²) in [5.74, 6) is 2.44. The van der Waals surface area contributed by atoms with E-state index in [4.69, 9.17) is 18.9 Å². The Hall–Kier alpha value is -1.46. The largest absolute Gasteiger partial charge is 0.493 e. The van der Waals surface area contributed by atoms with Crippen LogP contribution in [0.5, 0.6) is 17.2 Å². The minimum absolute atomic E-state index is 0.288. The SMILES string of the molecule is CNCc1cc2c(cc1OCCCC1CCCO1)OCO2. The van der Waals surface area contributed by atoms with Crippen LogP contribution in [0.3, 0.4) is 0 Å². The molecule has 0 aliphatic carbocycles. The van der Waals surface area contributed by atoms with Gasteiger partial charge < -0.3 is 24.3 Å². The second-order valence-electron chi connectivity index (χ2n) is 5.47. The molecular formula is C16H23NO4. The van der Waals surface area contributed by atoms with Crippen molar-refractivity contribution in [2.75, 3.05) is 27.1 Å². The van der Waals surface area contributed by atoms with E-state index in [0.29, 0.717) is 12.7 Å². The highest BCUT2D eigenvalue weighted by atomic mass is 16.7. The van der Waals surface area contributed by atoms with Crippen molar-refractivity contribution >= 4 is 0 Å². The van der Waals surface area contributed by atoms with Crippen molar-refractivity contribution < 1.29 is 18.9 Å². The van der Waals surface area contributed by atoms with E-state index in [1.54, 1.807) is 0 Å². The molecule has 5 nitrogen and oxygen atoms in total. The highest BCUT2D eigenvalue weighted by Crippen LogP contribution is 2.38. The van der Waals surface area contributed by atoms with Crippen LogP contribution in [0.1, 0.15) is 31.2 Å². The van der Waals surface area contributed by atoms with Crippen molar-refractivity contribution in [3.63, 3.8) is 0 Å². The Morgan fingerprint density at radius 1 is 1.29 bits per heavy atom. The number of fused-ring (bicyclic) bond motifs is 1. The molecule has 2 aliphatic heterocycles. The van der Waals surface area contributed by atoms with Crippen LogP contribution >= 0.6 is 0 Å². The summed E-state index contributed by atoms with van der Waals surface area (Å²) in [6, 6.07) is 3.93. The Labute approximate surface area is 125 Å². The van der Waals surface area contributed by atoms with E-state index in [1.165, 1.54) is 12.8 Å². The molecule has 0 bridgehead atoms. The van der Waals surface area contributed by atoms with E-state index in [9.17, 15) is 0 Å². The molecule has 1 aromatic rings. The van der Waals surface area contributed by atoms with Gasteiger partial charge in [0.2, 0.25) is 6.79 Å². The molecule has 0 amide bonds. The lowest BCUT2D eigenvalue weighted by Crippen LogP contribution is -2.10. The molecule has 116 valence electrons. The fourth-order valence-electron chi connectivity index (χ4n) is 2.79. The molecule has 0 spiro atoms. The van der Waals surface area contributed by atoms with E-state index < -0.39 is 0 Å². The average molecular weight is 293 g/mol. The van der Waals surface area contributed by atoms with Gasteiger partial charge in [-0.3, -0.25) is 0 Å². The van der Waals surface area contributed by atoms with E-state index in [0.717, 1.165) is 48.8 Å². The van der Waals surface area contributed by atoms with Crippen molar-refractivity contribution in [3.8, 4) is 17.2 Å². The van der Waals surface area contributed by atoms with Crippen molar-refractivity contribution in [3.05, 3.63) is 17.7 Å². The third-order valence-corrected chi connectivity index (χ3v) is 3.87. The predicted octanol–water partition coefficient (Wildman–Crippen LogP) is 2.47. The van der Waals surface area contributed by atoms with Gasteiger partial charge in [-0.25, -0.2) is 0 Å². The molecule has 0 aromatic heterocycles. The quantitative estimate of drug-likeness (QED) is 0.783. The highest BCUT2D eigenvalue weighted by Gasteiger charge is 2.18. The van der Waals surface area contributed by atoms with Crippen molar-refractivity contribution in [2.45, 2.75) is 38.3 Å². The van der Waals surface area contributed by atoms with Gasteiger partial charge in [-0.05, 0) is 38.8 Å². The summed E-state index contributed by atoms with van der Waals surface area (Å²) in [6.07, 6.45) is 4.90. The predicted molar refractivity (Wildman–Crippen MR) is 79.0 cm³/mol. The maximum absolute atomic E-state index is 5.94. The van der Waals surface area contributed by atoms with Gasteiger partial charge in [-0.1, -0.05) is 0 Å². The van der Waals surface area contributed by atoms with Crippen LogP contribution in [0.15, 0.2) is 12.1 Å². The van der Waals surface area contributed by atoms with E-state index >= 15 is 0 Å². The second kappa shape index (κ2) is 7.00. The molecule has 1 saturated heterocycles. The van der Waals surface area contributed by atoms with Crippen molar-refractivity contribution in [2.24, 2.45) is 0 Å². The topological polar surface area (TPSA) is 49.0 Å². The maximum Gasteiger partial charge on any atom is 0.231 e. The number of rotatable bonds is 7. The Kier molecular flexibility index (Phi) is 4.83. The third kappa shape index (κ3) is 3.60. The minimum atomic E-state index is 0.288. The summed E-state index contributed by atoms with van der Waals surface area (Å²) in [6.45, 7) is 2.66. The van der Waals surface area contributed by atoms with Crippen molar-refractivity contribution in [1.82, 2.24) is 5.32 Å². The van der Waals surface area contributed by atoms with Gasteiger partial charge in [0.25, 0.3) is 0 Å². The molecule has 2 heterocycles. The van der Waals surface area contributed by atoms with Gasteiger partial charge in [0.1, 0.15) is 5.75 Å². The minimum Gasteiger partial charge on any atom is -0.493 e. The Bertz CT molecular complexity index is 472. The summed E-state index contributed by atoms with van der Waals surface area (Å²) in [7, 11) is 1.92. The van der Waals surface area contributed by atoms with Gasteiger partial charge in [-0.2, -0.15) is 0 Å². The molecule has 1 fully saturated rings. The summed E-state index contributed by atoms with van der Waals surface area (Å²) in [5.41, 5.74) is 1.10. The number of hydrogen-bond donors (Lipinski definition) is 1. The summed E-state index contributed by atoms with van der Waals surface area (Å²) < 4.78 is 22.4. The first kappa shape index (κ1) is 14.5. The zero-order chi connectivity index (χ0) is 14.5. The lowest BCUT2D eigenvalue weighted by Gasteiger charge is -2.13. The zero-order valence-corrected chi connectivity index (χ0v) is 12.5. The average Bonchev–Trinajstić information content (AvgIpc) is 3.14. The number of nitrogens with one attached hydrogen (secondary N) is 1. The van der Waals surface area contributed by atoms with Crippen LogP contribution < -0.4 is 19.5 Å². The zero-order valence-electron chi connectivity index (χ0n) is 12.5. The molecule has 21 heavy (non-hydrogen) atoms. The van der Waals surface area contributed by atoms with Gasteiger partial charge in [-0.15, -0.1) is 0 Å². The number of ether oxygens (including phenoxy) is 4. The molecule has 2 aliphatic rings.